The molecule has 0 bridgehead atoms. The zero-order valence-electron chi connectivity index (χ0n) is 9.47. The van der Waals surface area contributed by atoms with Gasteiger partial charge in [0.1, 0.15) is 5.69 Å². The van der Waals surface area contributed by atoms with Gasteiger partial charge in [-0.1, -0.05) is 11.6 Å². The number of pyridine rings is 1. The summed E-state index contributed by atoms with van der Waals surface area (Å²) in [6, 6.07) is 3.31. The maximum Gasteiger partial charge on any atom is 0.272 e. The van der Waals surface area contributed by atoms with Crippen LogP contribution in [0.2, 0.25) is 5.02 Å². The molecule has 1 amide bonds. The minimum absolute atomic E-state index is 0.0574. The molecule has 2 heterocycles. The first-order chi connectivity index (χ1) is 8.20. The highest BCUT2D eigenvalue weighted by atomic mass is 35.5. The summed E-state index contributed by atoms with van der Waals surface area (Å²) in [5, 5.41) is 9.56. The third kappa shape index (κ3) is 2.96. The van der Waals surface area contributed by atoms with Gasteiger partial charge in [0.05, 0.1) is 5.02 Å². The number of hydrogen-bond donors (Lipinski definition) is 1. The Kier molecular flexibility index (Phi) is 3.97. The third-order valence-corrected chi connectivity index (χ3v) is 3.33. The second-order valence-corrected chi connectivity index (χ2v) is 4.72. The topological polar surface area (TPSA) is 53.4 Å². The Bertz CT molecular complexity index is 386. The number of aromatic nitrogens is 1. The SMILES string of the molecule is O=C(c1ccc(Cl)cn1)N1CCC(CO)CC1. The van der Waals surface area contributed by atoms with Crippen LogP contribution < -0.4 is 0 Å². The van der Waals surface area contributed by atoms with Crippen molar-refractivity contribution in [1.82, 2.24) is 9.88 Å². The van der Waals surface area contributed by atoms with Gasteiger partial charge in [0.2, 0.25) is 0 Å². The molecule has 1 aromatic rings. The van der Waals surface area contributed by atoms with E-state index >= 15 is 0 Å². The molecule has 1 aromatic heterocycles. The van der Waals surface area contributed by atoms with Gasteiger partial charge in [0, 0.05) is 25.9 Å². The Morgan fingerprint density at radius 2 is 2.18 bits per heavy atom. The molecule has 0 radical (unpaired) electrons. The number of halogens is 1. The first kappa shape index (κ1) is 12.3. The van der Waals surface area contributed by atoms with Crippen molar-refractivity contribution in [3.63, 3.8) is 0 Å². The quantitative estimate of drug-likeness (QED) is 0.872. The van der Waals surface area contributed by atoms with Crippen molar-refractivity contribution in [3.05, 3.63) is 29.0 Å². The lowest BCUT2D eigenvalue weighted by molar-refractivity contribution is 0.0645. The molecule has 0 aromatic carbocycles. The fourth-order valence-electron chi connectivity index (χ4n) is 1.98. The maximum atomic E-state index is 12.1. The molecule has 1 N–H and O–H groups in total. The molecule has 5 heteroatoms. The fraction of sp³-hybridized carbons (Fsp3) is 0.500. The van der Waals surface area contributed by atoms with Gasteiger partial charge in [-0.05, 0) is 30.9 Å². The average molecular weight is 255 g/mol. The standard InChI is InChI=1S/C12H15ClN2O2/c13-10-1-2-11(14-7-10)12(17)15-5-3-9(8-16)4-6-15/h1-2,7,9,16H,3-6,8H2. The average Bonchev–Trinajstić information content (AvgIpc) is 2.39. The Morgan fingerprint density at radius 3 is 2.71 bits per heavy atom. The predicted octanol–water partition coefficient (Wildman–Crippen LogP) is 1.58. The fourth-order valence-corrected chi connectivity index (χ4v) is 2.09. The lowest BCUT2D eigenvalue weighted by Gasteiger charge is -2.30. The summed E-state index contributed by atoms with van der Waals surface area (Å²) in [5.41, 5.74) is 0.428. The second kappa shape index (κ2) is 5.47. The van der Waals surface area contributed by atoms with Crippen LogP contribution in [0.3, 0.4) is 0 Å². The highest BCUT2D eigenvalue weighted by molar-refractivity contribution is 6.30. The van der Waals surface area contributed by atoms with E-state index in [1.165, 1.54) is 6.20 Å². The van der Waals surface area contributed by atoms with E-state index < -0.39 is 0 Å². The molecule has 1 aliphatic heterocycles. The number of amides is 1. The molecule has 0 spiro atoms. The van der Waals surface area contributed by atoms with Crippen molar-refractivity contribution in [2.24, 2.45) is 5.92 Å². The van der Waals surface area contributed by atoms with Crippen LogP contribution >= 0.6 is 11.6 Å². The summed E-state index contributed by atoms with van der Waals surface area (Å²) in [5.74, 6) is 0.273. The number of aliphatic hydroxyl groups is 1. The molecule has 0 unspecified atom stereocenters. The molecule has 1 saturated heterocycles. The van der Waals surface area contributed by atoms with Crippen molar-refractivity contribution >= 4 is 17.5 Å². The van der Waals surface area contributed by atoms with Crippen LogP contribution in [0.4, 0.5) is 0 Å². The van der Waals surface area contributed by atoms with Crippen LogP contribution in [0.25, 0.3) is 0 Å². The van der Waals surface area contributed by atoms with E-state index in [4.69, 9.17) is 16.7 Å². The van der Waals surface area contributed by atoms with Gasteiger partial charge < -0.3 is 10.0 Å². The number of carbonyl (C=O) groups is 1. The molecule has 17 heavy (non-hydrogen) atoms. The Morgan fingerprint density at radius 1 is 1.47 bits per heavy atom. The highest BCUT2D eigenvalue weighted by Gasteiger charge is 2.23. The van der Waals surface area contributed by atoms with Crippen molar-refractivity contribution in [2.45, 2.75) is 12.8 Å². The molecule has 0 aliphatic carbocycles. The van der Waals surface area contributed by atoms with E-state index in [0.29, 0.717) is 29.7 Å². The first-order valence-corrected chi connectivity index (χ1v) is 6.10. The third-order valence-electron chi connectivity index (χ3n) is 3.11. The summed E-state index contributed by atoms with van der Waals surface area (Å²) < 4.78 is 0. The Balaban J connectivity index is 1.99. The number of carbonyl (C=O) groups excluding carboxylic acids is 1. The van der Waals surface area contributed by atoms with Gasteiger partial charge in [-0.15, -0.1) is 0 Å². The predicted molar refractivity (Wildman–Crippen MR) is 65.0 cm³/mol. The number of aliphatic hydroxyl groups excluding tert-OH is 1. The largest absolute Gasteiger partial charge is 0.396 e. The van der Waals surface area contributed by atoms with E-state index in [9.17, 15) is 4.79 Å². The summed E-state index contributed by atoms with van der Waals surface area (Å²) in [4.78, 5) is 17.9. The molecule has 92 valence electrons. The van der Waals surface area contributed by atoms with E-state index in [-0.39, 0.29) is 12.5 Å². The van der Waals surface area contributed by atoms with Crippen molar-refractivity contribution in [1.29, 1.82) is 0 Å². The molecule has 1 fully saturated rings. The van der Waals surface area contributed by atoms with Crippen LogP contribution in [0.5, 0.6) is 0 Å². The van der Waals surface area contributed by atoms with Crippen molar-refractivity contribution < 1.29 is 9.90 Å². The Hall–Kier alpha value is -1.13. The van der Waals surface area contributed by atoms with E-state index in [1.807, 2.05) is 0 Å². The smallest absolute Gasteiger partial charge is 0.272 e. The van der Waals surface area contributed by atoms with Gasteiger partial charge in [0.15, 0.2) is 0 Å². The maximum absolute atomic E-state index is 12.1. The van der Waals surface area contributed by atoms with Gasteiger partial charge >= 0.3 is 0 Å². The molecule has 2 rings (SSSR count). The monoisotopic (exact) mass is 254 g/mol. The number of rotatable bonds is 2. The van der Waals surface area contributed by atoms with Gasteiger partial charge in [-0.25, -0.2) is 4.98 Å². The van der Waals surface area contributed by atoms with Crippen LogP contribution in [0.15, 0.2) is 18.3 Å². The van der Waals surface area contributed by atoms with Crippen molar-refractivity contribution in [3.8, 4) is 0 Å². The van der Waals surface area contributed by atoms with Gasteiger partial charge in [0.25, 0.3) is 5.91 Å². The molecular weight excluding hydrogens is 240 g/mol. The molecular formula is C12H15ClN2O2. The van der Waals surface area contributed by atoms with E-state index in [2.05, 4.69) is 4.98 Å². The van der Waals surface area contributed by atoms with Crippen LogP contribution in [-0.2, 0) is 0 Å². The molecule has 0 atom stereocenters. The minimum atomic E-state index is -0.0574. The van der Waals surface area contributed by atoms with E-state index in [1.54, 1.807) is 17.0 Å². The molecule has 0 saturated carbocycles. The lowest BCUT2D eigenvalue weighted by Crippen LogP contribution is -2.39. The van der Waals surface area contributed by atoms with Gasteiger partial charge in [-0.2, -0.15) is 0 Å². The number of nitrogens with zero attached hydrogens (tertiary/aromatic N) is 2. The number of likely N-dealkylation sites (tertiary alicyclic amines) is 1. The summed E-state index contributed by atoms with van der Waals surface area (Å²) in [7, 11) is 0. The van der Waals surface area contributed by atoms with E-state index in [0.717, 1.165) is 12.8 Å². The van der Waals surface area contributed by atoms with Gasteiger partial charge in [-0.3, -0.25) is 4.79 Å². The zero-order chi connectivity index (χ0) is 12.3. The highest BCUT2D eigenvalue weighted by Crippen LogP contribution is 2.18. The molecule has 4 nitrogen and oxygen atoms in total. The number of hydrogen-bond acceptors (Lipinski definition) is 3. The molecule has 1 aliphatic rings. The normalized spacial score (nSPS) is 17.2. The van der Waals surface area contributed by atoms with Crippen LogP contribution in [0, 0.1) is 5.92 Å². The minimum Gasteiger partial charge on any atom is -0.396 e. The lowest BCUT2D eigenvalue weighted by atomic mass is 9.98. The summed E-state index contributed by atoms with van der Waals surface area (Å²) in [6.45, 7) is 1.59. The van der Waals surface area contributed by atoms with Crippen LogP contribution in [0.1, 0.15) is 23.3 Å². The second-order valence-electron chi connectivity index (χ2n) is 4.28. The van der Waals surface area contributed by atoms with Crippen molar-refractivity contribution in [2.75, 3.05) is 19.7 Å². The first-order valence-electron chi connectivity index (χ1n) is 5.72. The number of piperidine rings is 1. The summed E-state index contributed by atoms with van der Waals surface area (Å²) >= 11 is 5.72. The zero-order valence-corrected chi connectivity index (χ0v) is 10.2. The Labute approximate surface area is 105 Å². The summed E-state index contributed by atoms with van der Waals surface area (Å²) in [6.07, 6.45) is 3.20. The van der Waals surface area contributed by atoms with Crippen LogP contribution in [-0.4, -0.2) is 40.6 Å².